The fourth-order valence-electron chi connectivity index (χ4n) is 1.16. The van der Waals surface area contributed by atoms with Crippen LogP contribution in [-0.2, 0) is 16.1 Å². The maximum atomic E-state index is 11.2. The van der Waals surface area contributed by atoms with Gasteiger partial charge in [-0.25, -0.2) is 0 Å². The summed E-state index contributed by atoms with van der Waals surface area (Å²) in [6.07, 6.45) is 2.36. The lowest BCUT2D eigenvalue weighted by atomic mass is 10.3. The van der Waals surface area contributed by atoms with E-state index in [-0.39, 0.29) is 18.9 Å². The number of carbonyl (C=O) groups is 1. The van der Waals surface area contributed by atoms with Crippen LogP contribution in [0.1, 0.15) is 0 Å². The summed E-state index contributed by atoms with van der Waals surface area (Å²) in [6, 6.07) is 1.05. The minimum atomic E-state index is -0.778. The molecule has 0 spiro atoms. The molecule has 7 nitrogen and oxygen atoms in total. The zero-order chi connectivity index (χ0) is 12.1. The van der Waals surface area contributed by atoms with E-state index in [1.54, 1.807) is 0 Å². The number of hydrogen-bond acceptors (Lipinski definition) is 5. The first kappa shape index (κ1) is 12.1. The molecule has 0 atom stereocenters. The molecule has 0 saturated heterocycles. The van der Waals surface area contributed by atoms with Gasteiger partial charge in [-0.1, -0.05) is 0 Å². The van der Waals surface area contributed by atoms with Crippen molar-refractivity contribution in [1.29, 1.82) is 0 Å². The summed E-state index contributed by atoms with van der Waals surface area (Å²) in [5.41, 5.74) is -1.23. The molecule has 7 heteroatoms. The Labute approximate surface area is 90.4 Å². The van der Waals surface area contributed by atoms with E-state index in [0.717, 1.165) is 12.3 Å². The van der Waals surface area contributed by atoms with Gasteiger partial charge in [-0.05, 0) is 0 Å². The molecule has 0 aliphatic rings. The van der Waals surface area contributed by atoms with Crippen LogP contribution in [0.5, 0.6) is 0 Å². The summed E-state index contributed by atoms with van der Waals surface area (Å²) < 4.78 is 5.90. The Kier molecular flexibility index (Phi) is 3.90. The van der Waals surface area contributed by atoms with Gasteiger partial charge in [0.1, 0.15) is 6.61 Å². The molecule has 0 saturated carbocycles. The van der Waals surface area contributed by atoms with Gasteiger partial charge in [0, 0.05) is 19.4 Å². The van der Waals surface area contributed by atoms with Crippen molar-refractivity contribution in [2.24, 2.45) is 0 Å². The van der Waals surface area contributed by atoms with Crippen LogP contribution in [-0.4, -0.2) is 29.0 Å². The predicted molar refractivity (Wildman–Crippen MR) is 54.2 cm³/mol. The van der Waals surface area contributed by atoms with Gasteiger partial charge in [0.05, 0.1) is 17.7 Å². The van der Waals surface area contributed by atoms with E-state index >= 15 is 0 Å². The van der Waals surface area contributed by atoms with Crippen molar-refractivity contribution in [3.8, 4) is 0 Å². The second-order valence-corrected chi connectivity index (χ2v) is 3.10. The van der Waals surface area contributed by atoms with Crippen molar-refractivity contribution in [2.45, 2.75) is 6.54 Å². The quantitative estimate of drug-likeness (QED) is 0.519. The molecular formula is C9H10N2O5. The second kappa shape index (κ2) is 5.17. The van der Waals surface area contributed by atoms with Crippen molar-refractivity contribution in [2.75, 3.05) is 13.7 Å². The maximum Gasteiger partial charge on any atom is 0.332 e. The Hall–Kier alpha value is -2.02. The first-order valence-corrected chi connectivity index (χ1v) is 4.39. The highest BCUT2D eigenvalue weighted by Crippen LogP contribution is 2.02. The number of aromatic nitrogens is 1. The third kappa shape index (κ3) is 2.99. The predicted octanol–water partition coefficient (Wildman–Crippen LogP) is -0.0280. The van der Waals surface area contributed by atoms with Gasteiger partial charge in [-0.3, -0.25) is 19.7 Å². The first-order valence-electron chi connectivity index (χ1n) is 4.39. The Balaban J connectivity index is 2.91. The van der Waals surface area contributed by atoms with Crippen LogP contribution in [0.25, 0.3) is 0 Å². The summed E-state index contributed by atoms with van der Waals surface area (Å²) in [6.45, 7) is -0.130. The molecule has 0 aliphatic carbocycles. The second-order valence-electron chi connectivity index (χ2n) is 3.10. The Bertz CT molecular complexity index is 465. The van der Waals surface area contributed by atoms with Crippen LogP contribution in [0.4, 0.5) is 5.69 Å². The number of ketones is 1. The van der Waals surface area contributed by atoms with E-state index in [1.165, 1.54) is 17.9 Å². The molecule has 0 unspecified atom stereocenters. The van der Waals surface area contributed by atoms with Crippen molar-refractivity contribution < 1.29 is 14.5 Å². The van der Waals surface area contributed by atoms with E-state index in [1.807, 2.05) is 0 Å². The molecule has 0 aliphatic heterocycles. The van der Waals surface area contributed by atoms with Gasteiger partial charge >= 0.3 is 5.69 Å². The smallest absolute Gasteiger partial charge is 0.332 e. The third-order valence-electron chi connectivity index (χ3n) is 1.82. The molecule has 0 aromatic carbocycles. The standard InChI is InChI=1S/C9H10N2O5/c1-16-6-7(12)4-10-3-2-9(13)8(5-10)11(14)15/h2-3,5H,4,6H2,1H3. The third-order valence-corrected chi connectivity index (χ3v) is 1.82. The van der Waals surface area contributed by atoms with Crippen LogP contribution in [0.2, 0.25) is 0 Å². The molecule has 0 bridgehead atoms. The fraction of sp³-hybridized carbons (Fsp3) is 0.333. The molecule has 0 N–H and O–H groups in total. The number of rotatable bonds is 5. The summed E-state index contributed by atoms with van der Waals surface area (Å²) in [5, 5.41) is 10.5. The Morgan fingerprint density at radius 3 is 2.88 bits per heavy atom. The highest BCUT2D eigenvalue weighted by molar-refractivity contribution is 5.79. The highest BCUT2D eigenvalue weighted by atomic mass is 16.6. The van der Waals surface area contributed by atoms with E-state index < -0.39 is 16.0 Å². The molecule has 1 heterocycles. The molecule has 0 fully saturated rings. The number of methoxy groups -OCH3 is 1. The van der Waals surface area contributed by atoms with Gasteiger partial charge in [-0.15, -0.1) is 0 Å². The van der Waals surface area contributed by atoms with E-state index in [9.17, 15) is 19.7 Å². The normalized spacial score (nSPS) is 10.1. The molecule has 0 radical (unpaired) electrons. The molecule has 1 aromatic rings. The lowest BCUT2D eigenvalue weighted by molar-refractivity contribution is -0.386. The average molecular weight is 226 g/mol. The SMILES string of the molecule is COCC(=O)Cn1ccc(=O)c([N+](=O)[O-])c1. The van der Waals surface area contributed by atoms with Crippen LogP contribution in [0.3, 0.4) is 0 Å². The molecule has 16 heavy (non-hydrogen) atoms. The highest BCUT2D eigenvalue weighted by Gasteiger charge is 2.12. The number of hydrogen-bond donors (Lipinski definition) is 0. The molecule has 86 valence electrons. The van der Waals surface area contributed by atoms with Crippen LogP contribution in [0.15, 0.2) is 23.3 Å². The molecule has 1 rings (SSSR count). The average Bonchev–Trinajstić information content (AvgIpc) is 2.21. The Morgan fingerprint density at radius 1 is 1.62 bits per heavy atom. The van der Waals surface area contributed by atoms with Crippen molar-refractivity contribution in [3.05, 3.63) is 38.8 Å². The first-order chi connectivity index (χ1) is 7.54. The van der Waals surface area contributed by atoms with Gasteiger partial charge < -0.3 is 9.30 Å². The number of nitro groups is 1. The fourth-order valence-corrected chi connectivity index (χ4v) is 1.16. The zero-order valence-corrected chi connectivity index (χ0v) is 8.58. The van der Waals surface area contributed by atoms with Crippen molar-refractivity contribution in [1.82, 2.24) is 4.57 Å². The van der Waals surface area contributed by atoms with Gasteiger partial charge in [0.15, 0.2) is 5.78 Å². The van der Waals surface area contributed by atoms with Crippen LogP contribution < -0.4 is 5.43 Å². The van der Waals surface area contributed by atoms with Crippen molar-refractivity contribution in [3.63, 3.8) is 0 Å². The lowest BCUT2D eigenvalue weighted by Crippen LogP contribution is -2.17. The summed E-state index contributed by atoms with van der Waals surface area (Å²) in [4.78, 5) is 31.9. The van der Waals surface area contributed by atoms with Crippen molar-refractivity contribution >= 4 is 11.5 Å². The van der Waals surface area contributed by atoms with E-state index in [4.69, 9.17) is 0 Å². The van der Waals surface area contributed by atoms with Crippen LogP contribution in [0, 0.1) is 10.1 Å². The van der Waals surface area contributed by atoms with E-state index in [2.05, 4.69) is 4.74 Å². The minimum Gasteiger partial charge on any atom is -0.377 e. The van der Waals surface area contributed by atoms with Crippen LogP contribution >= 0.6 is 0 Å². The molecular weight excluding hydrogens is 216 g/mol. The number of Topliss-reactive ketones (excluding diaryl/α,β-unsaturated/α-hetero) is 1. The largest absolute Gasteiger partial charge is 0.377 e. The van der Waals surface area contributed by atoms with Gasteiger partial charge in [0.25, 0.3) is 5.43 Å². The Morgan fingerprint density at radius 2 is 2.31 bits per heavy atom. The topological polar surface area (TPSA) is 91.4 Å². The number of nitrogens with zero attached hydrogens (tertiary/aromatic N) is 2. The zero-order valence-electron chi connectivity index (χ0n) is 8.58. The van der Waals surface area contributed by atoms with Gasteiger partial charge in [-0.2, -0.15) is 0 Å². The number of ether oxygens (including phenoxy) is 1. The summed E-state index contributed by atoms with van der Waals surface area (Å²) in [5.74, 6) is -0.236. The van der Waals surface area contributed by atoms with Gasteiger partial charge in [0.2, 0.25) is 0 Å². The number of pyridine rings is 1. The number of carbonyl (C=O) groups excluding carboxylic acids is 1. The maximum absolute atomic E-state index is 11.2. The monoisotopic (exact) mass is 226 g/mol. The molecule has 0 amide bonds. The summed E-state index contributed by atoms with van der Waals surface area (Å²) >= 11 is 0. The van der Waals surface area contributed by atoms with E-state index in [0.29, 0.717) is 0 Å². The minimum absolute atomic E-state index is 0.0606. The molecule has 1 aromatic heterocycles. The lowest BCUT2D eigenvalue weighted by Gasteiger charge is -2.04. The summed E-state index contributed by atoms with van der Waals surface area (Å²) in [7, 11) is 1.38.